The van der Waals surface area contributed by atoms with E-state index in [4.69, 9.17) is 4.74 Å². The van der Waals surface area contributed by atoms with Crippen LogP contribution in [0.4, 0.5) is 10.1 Å². The third kappa shape index (κ3) is 3.84. The zero-order valence-electron chi connectivity index (χ0n) is 16.5. The van der Waals surface area contributed by atoms with Gasteiger partial charge in [0.1, 0.15) is 11.6 Å². The third-order valence-corrected chi connectivity index (χ3v) is 6.14. The second-order valence-electron chi connectivity index (χ2n) is 7.97. The lowest BCUT2D eigenvalue weighted by Crippen LogP contribution is -2.46. The highest BCUT2D eigenvalue weighted by atomic mass is 19.1. The maximum Gasteiger partial charge on any atom is 0.251 e. The summed E-state index contributed by atoms with van der Waals surface area (Å²) >= 11 is 0. The summed E-state index contributed by atoms with van der Waals surface area (Å²) in [7, 11) is 1.61. The maximum absolute atomic E-state index is 13.4. The number of halogens is 1. The van der Waals surface area contributed by atoms with Crippen molar-refractivity contribution in [2.45, 2.75) is 38.1 Å². The zero-order chi connectivity index (χ0) is 20.4. The van der Waals surface area contributed by atoms with Crippen molar-refractivity contribution in [3.05, 3.63) is 59.9 Å². The molecule has 1 aliphatic carbocycles. The predicted octanol–water partition coefficient (Wildman–Crippen LogP) is 3.93. The molecule has 4 rings (SSSR count). The number of carbonyl (C=O) groups excluding carboxylic acids is 2. The monoisotopic (exact) mass is 396 g/mol. The molecule has 2 fully saturated rings. The van der Waals surface area contributed by atoms with E-state index in [1.54, 1.807) is 13.2 Å². The van der Waals surface area contributed by atoms with E-state index in [1.807, 2.05) is 29.2 Å². The number of hydrogen-bond acceptors (Lipinski definition) is 3. The lowest BCUT2D eigenvalue weighted by atomic mass is 9.71. The smallest absolute Gasteiger partial charge is 0.251 e. The zero-order valence-corrected chi connectivity index (χ0v) is 16.5. The third-order valence-electron chi connectivity index (χ3n) is 6.14. The molecule has 2 aromatic carbocycles. The average Bonchev–Trinajstić information content (AvgIpc) is 3.03. The molecule has 1 aliphatic heterocycles. The highest BCUT2D eigenvalue weighted by Crippen LogP contribution is 2.46. The van der Waals surface area contributed by atoms with Crippen LogP contribution in [0.5, 0.6) is 5.75 Å². The van der Waals surface area contributed by atoms with E-state index in [0.717, 1.165) is 37.1 Å². The van der Waals surface area contributed by atoms with Gasteiger partial charge in [0, 0.05) is 29.9 Å². The fourth-order valence-electron chi connectivity index (χ4n) is 4.65. The molecule has 1 heterocycles. The number of benzene rings is 2. The number of nitrogens with zero attached hydrogens (tertiary/aromatic N) is 1. The first-order valence-corrected chi connectivity index (χ1v) is 10.0. The molecule has 1 spiro atoms. The molecule has 2 aliphatic rings. The Morgan fingerprint density at radius 1 is 1.21 bits per heavy atom. The fraction of sp³-hybridized carbons (Fsp3) is 0.391. The molecule has 5 nitrogen and oxygen atoms in total. The molecule has 1 unspecified atom stereocenters. The Hall–Kier alpha value is -2.89. The van der Waals surface area contributed by atoms with Crippen LogP contribution < -0.4 is 15.0 Å². The highest BCUT2D eigenvalue weighted by molar-refractivity contribution is 6.00. The molecule has 1 saturated heterocycles. The minimum atomic E-state index is -0.443. The number of ether oxygens (including phenoxy) is 1. The standard InChI is InChI=1S/C23H25FN2O3/c1-29-20-9-3-8-19(14-20)26-12-11-23(22(26)28)10-4-7-18(15-23)25-21(27)16-5-2-6-17(24)13-16/h2-3,5-6,8-9,13-14,18H,4,7,10-12,15H2,1H3,(H,25,27)/t18?,23-/m0/s1. The summed E-state index contributed by atoms with van der Waals surface area (Å²) in [4.78, 5) is 27.7. The summed E-state index contributed by atoms with van der Waals surface area (Å²) in [6.07, 6.45) is 3.93. The Morgan fingerprint density at radius 2 is 2.03 bits per heavy atom. The maximum atomic E-state index is 13.4. The van der Waals surface area contributed by atoms with Crippen LogP contribution in [0.1, 0.15) is 42.5 Å². The van der Waals surface area contributed by atoms with Crippen LogP contribution in [0, 0.1) is 11.2 Å². The SMILES string of the molecule is COc1cccc(N2CC[C@]3(CCCC(NC(=O)c4cccc(F)c4)C3)C2=O)c1. The first-order valence-electron chi connectivity index (χ1n) is 10.0. The summed E-state index contributed by atoms with van der Waals surface area (Å²) in [5, 5.41) is 3.01. The van der Waals surface area contributed by atoms with E-state index in [-0.39, 0.29) is 17.9 Å². The molecule has 1 N–H and O–H groups in total. The van der Waals surface area contributed by atoms with Gasteiger partial charge >= 0.3 is 0 Å². The average molecular weight is 396 g/mol. The molecule has 1 saturated carbocycles. The van der Waals surface area contributed by atoms with Gasteiger partial charge in [-0.2, -0.15) is 0 Å². The molecule has 2 atom stereocenters. The molecule has 2 aromatic rings. The number of amides is 2. The first-order chi connectivity index (χ1) is 14.0. The summed E-state index contributed by atoms with van der Waals surface area (Å²) in [5.41, 5.74) is 0.707. The van der Waals surface area contributed by atoms with Gasteiger partial charge in [0.25, 0.3) is 5.91 Å². The Balaban J connectivity index is 1.47. The van der Waals surface area contributed by atoms with E-state index in [0.29, 0.717) is 18.5 Å². The van der Waals surface area contributed by atoms with Crippen molar-refractivity contribution in [3.63, 3.8) is 0 Å². The number of hydrogen-bond donors (Lipinski definition) is 1. The van der Waals surface area contributed by atoms with Gasteiger partial charge in [-0.15, -0.1) is 0 Å². The Bertz CT molecular complexity index is 932. The summed E-state index contributed by atoms with van der Waals surface area (Å²) in [6.45, 7) is 0.663. The van der Waals surface area contributed by atoms with Gasteiger partial charge in [0.05, 0.1) is 12.5 Å². The van der Waals surface area contributed by atoms with Crippen LogP contribution in [-0.4, -0.2) is 31.5 Å². The van der Waals surface area contributed by atoms with Gasteiger partial charge < -0.3 is 15.0 Å². The minimum Gasteiger partial charge on any atom is -0.497 e. The van der Waals surface area contributed by atoms with Gasteiger partial charge in [-0.1, -0.05) is 18.6 Å². The van der Waals surface area contributed by atoms with Gasteiger partial charge in [0.15, 0.2) is 0 Å². The van der Waals surface area contributed by atoms with Crippen LogP contribution in [0.15, 0.2) is 48.5 Å². The van der Waals surface area contributed by atoms with Gasteiger partial charge in [0.2, 0.25) is 5.91 Å². The van der Waals surface area contributed by atoms with Crippen molar-refractivity contribution in [2.24, 2.45) is 5.41 Å². The molecule has 152 valence electrons. The minimum absolute atomic E-state index is 0.0891. The lowest BCUT2D eigenvalue weighted by Gasteiger charge is -2.37. The largest absolute Gasteiger partial charge is 0.497 e. The van der Waals surface area contributed by atoms with E-state index in [2.05, 4.69) is 5.32 Å². The molecule has 2 amide bonds. The molecule has 29 heavy (non-hydrogen) atoms. The normalized spacial score (nSPS) is 24.0. The number of carbonyl (C=O) groups is 2. The molecule has 6 heteroatoms. The first kappa shape index (κ1) is 19.4. The number of methoxy groups -OCH3 is 1. The van der Waals surface area contributed by atoms with Crippen molar-refractivity contribution >= 4 is 17.5 Å². The van der Waals surface area contributed by atoms with Crippen molar-refractivity contribution in [1.82, 2.24) is 5.32 Å². The number of rotatable bonds is 4. The van der Waals surface area contributed by atoms with E-state index in [9.17, 15) is 14.0 Å². The van der Waals surface area contributed by atoms with Crippen LogP contribution >= 0.6 is 0 Å². The van der Waals surface area contributed by atoms with Crippen molar-refractivity contribution in [3.8, 4) is 5.75 Å². The lowest BCUT2D eigenvalue weighted by molar-refractivity contribution is -0.127. The molecular formula is C23H25FN2O3. The van der Waals surface area contributed by atoms with E-state index >= 15 is 0 Å². The second-order valence-corrected chi connectivity index (χ2v) is 7.97. The molecule has 0 radical (unpaired) electrons. The summed E-state index contributed by atoms with van der Waals surface area (Å²) in [6, 6.07) is 13.1. The summed E-state index contributed by atoms with van der Waals surface area (Å²) in [5.74, 6) is 0.120. The number of nitrogens with one attached hydrogen (secondary N) is 1. The quantitative estimate of drug-likeness (QED) is 0.852. The van der Waals surface area contributed by atoms with Crippen LogP contribution in [0.2, 0.25) is 0 Å². The second kappa shape index (κ2) is 7.85. The number of anilines is 1. The summed E-state index contributed by atoms with van der Waals surface area (Å²) < 4.78 is 18.7. The predicted molar refractivity (Wildman–Crippen MR) is 109 cm³/mol. The Morgan fingerprint density at radius 3 is 2.83 bits per heavy atom. The van der Waals surface area contributed by atoms with Crippen LogP contribution in [0.3, 0.4) is 0 Å². The topological polar surface area (TPSA) is 58.6 Å². The van der Waals surface area contributed by atoms with Gasteiger partial charge in [-0.05, 0) is 56.0 Å². The molecule has 0 aromatic heterocycles. The molecular weight excluding hydrogens is 371 g/mol. The Kier molecular flexibility index (Phi) is 5.26. The fourth-order valence-corrected chi connectivity index (χ4v) is 4.65. The van der Waals surface area contributed by atoms with Gasteiger partial charge in [-0.3, -0.25) is 9.59 Å². The Labute approximate surface area is 169 Å². The van der Waals surface area contributed by atoms with Crippen molar-refractivity contribution in [2.75, 3.05) is 18.6 Å². The van der Waals surface area contributed by atoms with Gasteiger partial charge in [-0.25, -0.2) is 4.39 Å². The van der Waals surface area contributed by atoms with Crippen LogP contribution in [0.25, 0.3) is 0 Å². The highest BCUT2D eigenvalue weighted by Gasteiger charge is 2.49. The van der Waals surface area contributed by atoms with E-state index in [1.165, 1.54) is 18.2 Å². The van der Waals surface area contributed by atoms with E-state index < -0.39 is 11.2 Å². The molecule has 0 bridgehead atoms. The van der Waals surface area contributed by atoms with Crippen molar-refractivity contribution in [1.29, 1.82) is 0 Å². The van der Waals surface area contributed by atoms with Crippen molar-refractivity contribution < 1.29 is 18.7 Å². The van der Waals surface area contributed by atoms with Crippen LogP contribution in [-0.2, 0) is 4.79 Å².